The smallest absolute Gasteiger partial charge is 0.123 e. The minimum Gasteiger partial charge on any atom is -0.496 e. The maximum Gasteiger partial charge on any atom is 0.123 e. The van der Waals surface area contributed by atoms with E-state index in [-0.39, 0.29) is 6.04 Å². The fourth-order valence-corrected chi connectivity index (χ4v) is 3.36. The molecule has 3 heteroatoms. The summed E-state index contributed by atoms with van der Waals surface area (Å²) < 4.78 is 5.42. The summed E-state index contributed by atoms with van der Waals surface area (Å²) in [4.78, 5) is 0. The van der Waals surface area contributed by atoms with Gasteiger partial charge in [-0.2, -0.15) is 0 Å². The molecule has 1 atom stereocenters. The molecule has 1 unspecified atom stereocenters. The zero-order valence-corrected chi connectivity index (χ0v) is 12.6. The van der Waals surface area contributed by atoms with Gasteiger partial charge in [0, 0.05) is 16.6 Å². The van der Waals surface area contributed by atoms with Crippen LogP contribution in [0.4, 0.5) is 0 Å². The molecule has 0 saturated heterocycles. The molecule has 1 fully saturated rings. The van der Waals surface area contributed by atoms with E-state index in [2.05, 4.69) is 6.92 Å². The first-order valence-electron chi connectivity index (χ1n) is 7.24. The van der Waals surface area contributed by atoms with Crippen LogP contribution in [-0.2, 0) is 0 Å². The molecule has 1 aromatic rings. The number of benzene rings is 1. The largest absolute Gasteiger partial charge is 0.496 e. The highest BCUT2D eigenvalue weighted by Gasteiger charge is 2.27. The number of halogens is 1. The van der Waals surface area contributed by atoms with Crippen molar-refractivity contribution in [1.29, 1.82) is 0 Å². The van der Waals surface area contributed by atoms with Crippen molar-refractivity contribution in [2.45, 2.75) is 45.1 Å². The Hall–Kier alpha value is -0.730. The molecule has 1 aromatic carbocycles. The van der Waals surface area contributed by atoms with Crippen molar-refractivity contribution in [1.82, 2.24) is 0 Å². The van der Waals surface area contributed by atoms with Gasteiger partial charge in [0.1, 0.15) is 5.75 Å². The van der Waals surface area contributed by atoms with Crippen LogP contribution in [0.1, 0.15) is 50.6 Å². The Morgan fingerprint density at radius 1 is 1.32 bits per heavy atom. The van der Waals surface area contributed by atoms with Gasteiger partial charge in [-0.15, -0.1) is 0 Å². The van der Waals surface area contributed by atoms with E-state index in [1.165, 1.54) is 32.1 Å². The molecule has 2 rings (SSSR count). The van der Waals surface area contributed by atoms with E-state index in [9.17, 15) is 0 Å². The molecule has 2 nitrogen and oxygen atoms in total. The van der Waals surface area contributed by atoms with E-state index >= 15 is 0 Å². The third kappa shape index (κ3) is 3.43. The topological polar surface area (TPSA) is 35.2 Å². The average molecular weight is 282 g/mol. The van der Waals surface area contributed by atoms with Crippen molar-refractivity contribution in [3.8, 4) is 5.75 Å². The first-order valence-corrected chi connectivity index (χ1v) is 7.62. The first-order chi connectivity index (χ1) is 9.15. The quantitative estimate of drug-likeness (QED) is 0.878. The SMILES string of the molecule is CCC1CCC(C(N)c2cc(Cl)ccc2OC)CC1. The lowest BCUT2D eigenvalue weighted by atomic mass is 9.76. The van der Waals surface area contributed by atoms with Gasteiger partial charge in [-0.05, 0) is 42.9 Å². The van der Waals surface area contributed by atoms with E-state index in [0.29, 0.717) is 5.92 Å². The normalized spacial score (nSPS) is 25.1. The molecule has 0 bridgehead atoms. The van der Waals surface area contributed by atoms with Gasteiger partial charge in [0.05, 0.1) is 7.11 Å². The zero-order chi connectivity index (χ0) is 13.8. The second-order valence-corrected chi connectivity index (χ2v) is 6.04. The van der Waals surface area contributed by atoms with Crippen LogP contribution in [-0.4, -0.2) is 7.11 Å². The third-order valence-electron chi connectivity index (χ3n) is 4.53. The lowest BCUT2D eigenvalue weighted by molar-refractivity contribution is 0.237. The van der Waals surface area contributed by atoms with Crippen LogP contribution in [0.2, 0.25) is 5.02 Å². The van der Waals surface area contributed by atoms with Crippen molar-refractivity contribution in [3.05, 3.63) is 28.8 Å². The van der Waals surface area contributed by atoms with Gasteiger partial charge in [0.15, 0.2) is 0 Å². The molecule has 0 spiro atoms. The number of hydrogen-bond donors (Lipinski definition) is 1. The Labute approximate surface area is 121 Å². The van der Waals surface area contributed by atoms with Gasteiger partial charge in [0.2, 0.25) is 0 Å². The monoisotopic (exact) mass is 281 g/mol. The summed E-state index contributed by atoms with van der Waals surface area (Å²) in [5.41, 5.74) is 7.51. The van der Waals surface area contributed by atoms with Gasteiger partial charge in [-0.1, -0.05) is 37.8 Å². The highest BCUT2D eigenvalue weighted by molar-refractivity contribution is 6.30. The summed E-state index contributed by atoms with van der Waals surface area (Å²) in [6.07, 6.45) is 6.34. The molecule has 0 aromatic heterocycles. The molecule has 1 saturated carbocycles. The van der Waals surface area contributed by atoms with Crippen molar-refractivity contribution < 1.29 is 4.74 Å². The predicted molar refractivity (Wildman–Crippen MR) is 80.7 cm³/mol. The molecule has 0 heterocycles. The molecular weight excluding hydrogens is 258 g/mol. The van der Waals surface area contributed by atoms with Crippen LogP contribution in [0, 0.1) is 11.8 Å². The number of hydrogen-bond acceptors (Lipinski definition) is 2. The van der Waals surface area contributed by atoms with Crippen molar-refractivity contribution in [3.63, 3.8) is 0 Å². The van der Waals surface area contributed by atoms with E-state index in [4.69, 9.17) is 22.1 Å². The lowest BCUT2D eigenvalue weighted by Gasteiger charge is -2.32. The van der Waals surface area contributed by atoms with Crippen molar-refractivity contribution >= 4 is 11.6 Å². The summed E-state index contributed by atoms with van der Waals surface area (Å²) in [6.45, 7) is 2.28. The maximum absolute atomic E-state index is 6.46. The minimum atomic E-state index is 0.0338. The van der Waals surface area contributed by atoms with Crippen LogP contribution in [0.3, 0.4) is 0 Å². The van der Waals surface area contributed by atoms with Crippen LogP contribution in [0.15, 0.2) is 18.2 Å². The van der Waals surface area contributed by atoms with Gasteiger partial charge in [-0.3, -0.25) is 0 Å². The fraction of sp³-hybridized carbons (Fsp3) is 0.625. The Morgan fingerprint density at radius 2 is 2.00 bits per heavy atom. The summed E-state index contributed by atoms with van der Waals surface area (Å²) >= 11 is 6.09. The lowest BCUT2D eigenvalue weighted by Crippen LogP contribution is -2.26. The van der Waals surface area contributed by atoms with Gasteiger partial charge in [0.25, 0.3) is 0 Å². The molecule has 19 heavy (non-hydrogen) atoms. The minimum absolute atomic E-state index is 0.0338. The molecular formula is C16H24ClNO. The molecule has 106 valence electrons. The third-order valence-corrected chi connectivity index (χ3v) is 4.76. The maximum atomic E-state index is 6.46. The Bertz CT molecular complexity index is 413. The van der Waals surface area contributed by atoms with E-state index in [0.717, 1.165) is 22.3 Å². The number of methoxy groups -OCH3 is 1. The van der Waals surface area contributed by atoms with Crippen molar-refractivity contribution in [2.24, 2.45) is 17.6 Å². The summed E-state index contributed by atoms with van der Waals surface area (Å²) in [5, 5.41) is 0.730. The molecule has 1 aliphatic carbocycles. The number of ether oxygens (including phenoxy) is 1. The number of rotatable bonds is 4. The van der Waals surface area contributed by atoms with Crippen molar-refractivity contribution in [2.75, 3.05) is 7.11 Å². The van der Waals surface area contributed by atoms with E-state index < -0.39 is 0 Å². The predicted octanol–water partition coefficient (Wildman–Crippen LogP) is 4.56. The number of nitrogens with two attached hydrogens (primary N) is 1. The molecule has 2 N–H and O–H groups in total. The summed E-state index contributed by atoms with van der Waals surface area (Å²) in [7, 11) is 1.69. The van der Waals surface area contributed by atoms with Crippen LogP contribution >= 0.6 is 11.6 Å². The molecule has 1 aliphatic rings. The van der Waals surface area contributed by atoms with Gasteiger partial charge < -0.3 is 10.5 Å². The highest BCUT2D eigenvalue weighted by Crippen LogP contribution is 2.39. The van der Waals surface area contributed by atoms with E-state index in [1.807, 2.05) is 18.2 Å². The van der Waals surface area contributed by atoms with Crippen LogP contribution in [0.25, 0.3) is 0 Å². The van der Waals surface area contributed by atoms with Gasteiger partial charge >= 0.3 is 0 Å². The Kier molecular flexibility index (Phi) is 5.12. The Morgan fingerprint density at radius 3 is 2.58 bits per heavy atom. The molecule has 0 radical (unpaired) electrons. The molecule has 0 amide bonds. The fourth-order valence-electron chi connectivity index (χ4n) is 3.18. The summed E-state index contributed by atoms with van der Waals surface area (Å²) in [5.74, 6) is 2.30. The van der Waals surface area contributed by atoms with Crippen LogP contribution < -0.4 is 10.5 Å². The zero-order valence-electron chi connectivity index (χ0n) is 11.9. The van der Waals surface area contributed by atoms with E-state index in [1.54, 1.807) is 7.11 Å². The highest BCUT2D eigenvalue weighted by atomic mass is 35.5. The summed E-state index contributed by atoms with van der Waals surface area (Å²) in [6, 6.07) is 5.75. The standard InChI is InChI=1S/C16H24ClNO/c1-3-11-4-6-12(7-5-11)16(18)14-10-13(17)8-9-15(14)19-2/h8-12,16H,3-7,18H2,1-2H3. The first kappa shape index (κ1) is 14.7. The second kappa shape index (κ2) is 6.62. The second-order valence-electron chi connectivity index (χ2n) is 5.60. The van der Waals surface area contributed by atoms with Gasteiger partial charge in [-0.25, -0.2) is 0 Å². The Balaban J connectivity index is 2.11. The molecule has 0 aliphatic heterocycles. The average Bonchev–Trinajstić information content (AvgIpc) is 2.46. The van der Waals surface area contributed by atoms with Crippen LogP contribution in [0.5, 0.6) is 5.75 Å².